The Morgan fingerprint density at radius 2 is 2.12 bits per heavy atom. The molecule has 0 spiro atoms. The van der Waals surface area contributed by atoms with Gasteiger partial charge in [0.1, 0.15) is 11.6 Å². The third-order valence-corrected chi connectivity index (χ3v) is 3.94. The number of hydrogen-bond donors (Lipinski definition) is 0. The number of anilines is 1. The SMILES string of the molecule is CN(C(=O)COc1cccc2cnccc12)c1ccc(F)cc1Cl. The molecule has 1 aromatic heterocycles. The summed E-state index contributed by atoms with van der Waals surface area (Å²) in [5.74, 6) is -0.151. The number of aromatic nitrogens is 1. The van der Waals surface area contributed by atoms with Gasteiger partial charge in [0.05, 0.1) is 10.7 Å². The van der Waals surface area contributed by atoms with E-state index < -0.39 is 5.82 Å². The zero-order valence-corrected chi connectivity index (χ0v) is 13.6. The number of benzene rings is 2. The third kappa shape index (κ3) is 3.31. The summed E-state index contributed by atoms with van der Waals surface area (Å²) in [6.45, 7) is -0.161. The summed E-state index contributed by atoms with van der Waals surface area (Å²) in [5, 5.41) is 1.97. The van der Waals surface area contributed by atoms with Crippen LogP contribution in [0.25, 0.3) is 10.8 Å². The van der Waals surface area contributed by atoms with Crippen LogP contribution in [-0.2, 0) is 4.79 Å². The summed E-state index contributed by atoms with van der Waals surface area (Å²) in [4.78, 5) is 17.7. The van der Waals surface area contributed by atoms with Gasteiger partial charge in [-0.2, -0.15) is 0 Å². The number of likely N-dealkylation sites (N-methyl/N-ethyl adjacent to an activating group) is 1. The second kappa shape index (κ2) is 6.84. The Balaban J connectivity index is 1.75. The van der Waals surface area contributed by atoms with Crippen LogP contribution < -0.4 is 9.64 Å². The average molecular weight is 345 g/mol. The van der Waals surface area contributed by atoms with Crippen molar-refractivity contribution in [1.82, 2.24) is 4.98 Å². The van der Waals surface area contributed by atoms with E-state index in [-0.39, 0.29) is 17.5 Å². The molecule has 1 amide bonds. The van der Waals surface area contributed by atoms with Gasteiger partial charge in [0.2, 0.25) is 0 Å². The van der Waals surface area contributed by atoms with Crippen molar-refractivity contribution in [3.63, 3.8) is 0 Å². The molecule has 1 heterocycles. The van der Waals surface area contributed by atoms with Crippen LogP contribution >= 0.6 is 11.6 Å². The standard InChI is InChI=1S/C18H14ClFN2O2/c1-22(16-6-5-13(20)9-15(16)19)18(23)11-24-17-4-2-3-12-10-21-8-7-14(12)17/h2-10H,11H2,1H3. The summed E-state index contributed by atoms with van der Waals surface area (Å²) >= 11 is 5.98. The second-order valence-corrected chi connectivity index (χ2v) is 5.60. The first kappa shape index (κ1) is 16.2. The number of rotatable bonds is 4. The quantitative estimate of drug-likeness (QED) is 0.716. The molecular formula is C18H14ClFN2O2. The summed E-state index contributed by atoms with van der Waals surface area (Å²) in [6, 6.07) is 11.3. The molecule has 4 nitrogen and oxygen atoms in total. The van der Waals surface area contributed by atoms with Crippen LogP contribution in [0.2, 0.25) is 5.02 Å². The molecule has 0 fully saturated rings. The van der Waals surface area contributed by atoms with E-state index in [0.717, 1.165) is 10.8 Å². The number of carbonyl (C=O) groups is 1. The molecule has 3 rings (SSSR count). The van der Waals surface area contributed by atoms with E-state index in [1.54, 1.807) is 25.5 Å². The molecule has 0 radical (unpaired) electrons. The number of pyridine rings is 1. The highest BCUT2D eigenvalue weighted by Crippen LogP contribution is 2.27. The van der Waals surface area contributed by atoms with Gasteiger partial charge in [0.15, 0.2) is 6.61 Å². The molecule has 0 aliphatic heterocycles. The van der Waals surface area contributed by atoms with Crippen molar-refractivity contribution in [3.05, 3.63) is 65.7 Å². The molecule has 0 N–H and O–H groups in total. The Labute approximate surface area is 143 Å². The van der Waals surface area contributed by atoms with E-state index in [0.29, 0.717) is 11.4 Å². The molecule has 24 heavy (non-hydrogen) atoms. The fourth-order valence-corrected chi connectivity index (χ4v) is 2.64. The van der Waals surface area contributed by atoms with E-state index in [1.807, 2.05) is 18.2 Å². The van der Waals surface area contributed by atoms with Gasteiger partial charge in [0.25, 0.3) is 5.91 Å². The predicted molar refractivity (Wildman–Crippen MR) is 92.1 cm³/mol. The fourth-order valence-electron chi connectivity index (χ4n) is 2.34. The molecule has 0 saturated heterocycles. The number of nitrogens with zero attached hydrogens (tertiary/aromatic N) is 2. The first-order chi connectivity index (χ1) is 11.6. The minimum atomic E-state index is -0.454. The Hall–Kier alpha value is -2.66. The van der Waals surface area contributed by atoms with E-state index in [4.69, 9.17) is 16.3 Å². The Bertz CT molecular complexity index is 896. The average Bonchev–Trinajstić information content (AvgIpc) is 2.59. The maximum Gasteiger partial charge on any atom is 0.264 e. The number of amides is 1. The largest absolute Gasteiger partial charge is 0.483 e. The van der Waals surface area contributed by atoms with Crippen LogP contribution in [0.3, 0.4) is 0 Å². The fraction of sp³-hybridized carbons (Fsp3) is 0.111. The third-order valence-electron chi connectivity index (χ3n) is 3.64. The molecule has 0 unspecified atom stereocenters. The summed E-state index contributed by atoms with van der Waals surface area (Å²) in [7, 11) is 1.57. The van der Waals surface area contributed by atoms with Crippen molar-refractivity contribution in [2.45, 2.75) is 0 Å². The predicted octanol–water partition coefficient (Wildman–Crippen LogP) is 4.07. The van der Waals surface area contributed by atoms with Gasteiger partial charge in [-0.3, -0.25) is 9.78 Å². The first-order valence-electron chi connectivity index (χ1n) is 7.23. The number of carbonyl (C=O) groups excluding carboxylic acids is 1. The van der Waals surface area contributed by atoms with Gasteiger partial charge in [-0.1, -0.05) is 23.7 Å². The Morgan fingerprint density at radius 3 is 2.92 bits per heavy atom. The maximum absolute atomic E-state index is 13.1. The molecule has 0 bridgehead atoms. The van der Waals surface area contributed by atoms with Crippen molar-refractivity contribution in [1.29, 1.82) is 0 Å². The minimum absolute atomic E-state index is 0.161. The Morgan fingerprint density at radius 1 is 1.29 bits per heavy atom. The molecule has 122 valence electrons. The van der Waals surface area contributed by atoms with Crippen LogP contribution in [0, 0.1) is 5.82 Å². The molecule has 2 aromatic carbocycles. The molecule has 0 saturated carbocycles. The van der Waals surface area contributed by atoms with Gasteiger partial charge >= 0.3 is 0 Å². The van der Waals surface area contributed by atoms with Gasteiger partial charge < -0.3 is 9.64 Å². The lowest BCUT2D eigenvalue weighted by Gasteiger charge is -2.19. The summed E-state index contributed by atoms with van der Waals surface area (Å²) in [5.41, 5.74) is 0.425. The lowest BCUT2D eigenvalue weighted by molar-refractivity contribution is -0.120. The van der Waals surface area contributed by atoms with Crippen LogP contribution in [0.1, 0.15) is 0 Å². The number of hydrogen-bond acceptors (Lipinski definition) is 3. The molecule has 0 aliphatic carbocycles. The minimum Gasteiger partial charge on any atom is -0.483 e. The Kier molecular flexibility index (Phi) is 4.62. The lowest BCUT2D eigenvalue weighted by atomic mass is 10.1. The number of fused-ring (bicyclic) bond motifs is 1. The van der Waals surface area contributed by atoms with Crippen LogP contribution in [0.4, 0.5) is 10.1 Å². The zero-order valence-electron chi connectivity index (χ0n) is 12.9. The number of ether oxygens (including phenoxy) is 1. The first-order valence-corrected chi connectivity index (χ1v) is 7.61. The van der Waals surface area contributed by atoms with Crippen LogP contribution in [0.15, 0.2) is 54.9 Å². The molecule has 6 heteroatoms. The van der Waals surface area contributed by atoms with E-state index in [2.05, 4.69) is 4.98 Å². The van der Waals surface area contributed by atoms with Crippen molar-refractivity contribution < 1.29 is 13.9 Å². The van der Waals surface area contributed by atoms with Crippen molar-refractivity contribution in [2.24, 2.45) is 0 Å². The highest BCUT2D eigenvalue weighted by Gasteiger charge is 2.15. The molecule has 3 aromatic rings. The van der Waals surface area contributed by atoms with Gasteiger partial charge in [-0.05, 0) is 30.3 Å². The number of halogens is 2. The molecular weight excluding hydrogens is 331 g/mol. The van der Waals surface area contributed by atoms with E-state index in [1.165, 1.54) is 23.1 Å². The molecule has 0 aliphatic rings. The van der Waals surface area contributed by atoms with Crippen LogP contribution in [-0.4, -0.2) is 24.5 Å². The van der Waals surface area contributed by atoms with E-state index in [9.17, 15) is 9.18 Å². The normalized spacial score (nSPS) is 10.6. The van der Waals surface area contributed by atoms with Gasteiger partial charge in [0, 0.05) is 30.2 Å². The lowest BCUT2D eigenvalue weighted by Crippen LogP contribution is -2.31. The smallest absolute Gasteiger partial charge is 0.264 e. The van der Waals surface area contributed by atoms with E-state index >= 15 is 0 Å². The zero-order chi connectivity index (χ0) is 17.1. The highest BCUT2D eigenvalue weighted by atomic mass is 35.5. The van der Waals surface area contributed by atoms with Crippen LogP contribution in [0.5, 0.6) is 5.75 Å². The highest BCUT2D eigenvalue weighted by molar-refractivity contribution is 6.33. The maximum atomic E-state index is 13.1. The summed E-state index contributed by atoms with van der Waals surface area (Å²) < 4.78 is 18.8. The monoisotopic (exact) mass is 344 g/mol. The van der Waals surface area contributed by atoms with Crippen molar-refractivity contribution >= 4 is 34.0 Å². The molecule has 0 atom stereocenters. The summed E-state index contributed by atoms with van der Waals surface area (Å²) in [6.07, 6.45) is 3.40. The second-order valence-electron chi connectivity index (χ2n) is 5.19. The van der Waals surface area contributed by atoms with Crippen molar-refractivity contribution in [2.75, 3.05) is 18.6 Å². The van der Waals surface area contributed by atoms with Gasteiger partial charge in [-0.15, -0.1) is 0 Å². The van der Waals surface area contributed by atoms with Crippen molar-refractivity contribution in [3.8, 4) is 5.75 Å². The topological polar surface area (TPSA) is 42.4 Å². The van der Waals surface area contributed by atoms with Gasteiger partial charge in [-0.25, -0.2) is 4.39 Å².